The van der Waals surface area contributed by atoms with Gasteiger partial charge in [0.2, 0.25) is 0 Å². The van der Waals surface area contributed by atoms with E-state index in [9.17, 15) is 14.0 Å². The molecule has 4 rings (SSSR count). The first-order valence-electron chi connectivity index (χ1n) is 9.34. The highest BCUT2D eigenvalue weighted by atomic mass is 35.5. The van der Waals surface area contributed by atoms with Gasteiger partial charge in [0, 0.05) is 10.7 Å². The van der Waals surface area contributed by atoms with Crippen LogP contribution in [0.4, 0.5) is 15.8 Å². The zero-order valence-corrected chi connectivity index (χ0v) is 17.1. The fourth-order valence-electron chi connectivity index (χ4n) is 3.40. The van der Waals surface area contributed by atoms with Gasteiger partial charge in [-0.25, -0.2) is 9.29 Å². The molecule has 4 nitrogen and oxygen atoms in total. The number of hydrogen-bond acceptors (Lipinski definition) is 3. The van der Waals surface area contributed by atoms with Crippen LogP contribution in [0.3, 0.4) is 0 Å². The molecule has 1 aliphatic heterocycles. The van der Waals surface area contributed by atoms with E-state index in [1.54, 1.807) is 30.3 Å². The third-order valence-corrected chi connectivity index (χ3v) is 5.40. The van der Waals surface area contributed by atoms with Crippen LogP contribution in [0.25, 0.3) is 5.57 Å². The van der Waals surface area contributed by atoms with Gasteiger partial charge in [0.15, 0.2) is 0 Å². The minimum atomic E-state index is -0.469. The number of hydrogen-bond donors (Lipinski definition) is 1. The summed E-state index contributed by atoms with van der Waals surface area (Å²) in [7, 11) is 0. The van der Waals surface area contributed by atoms with E-state index in [1.165, 1.54) is 29.2 Å². The number of imide groups is 1. The van der Waals surface area contributed by atoms with Crippen molar-refractivity contribution in [1.29, 1.82) is 0 Å². The van der Waals surface area contributed by atoms with Crippen LogP contribution in [-0.4, -0.2) is 11.8 Å². The van der Waals surface area contributed by atoms with Crippen molar-refractivity contribution in [2.45, 2.75) is 13.8 Å². The summed E-state index contributed by atoms with van der Waals surface area (Å²) < 4.78 is 13.3. The first-order valence-corrected chi connectivity index (χ1v) is 9.72. The van der Waals surface area contributed by atoms with Gasteiger partial charge in [0.1, 0.15) is 11.5 Å². The monoisotopic (exact) mass is 420 g/mol. The molecule has 0 aromatic heterocycles. The number of rotatable bonds is 4. The summed E-state index contributed by atoms with van der Waals surface area (Å²) in [5, 5.41) is 3.54. The summed E-state index contributed by atoms with van der Waals surface area (Å²) in [5.41, 5.74) is 3.79. The Morgan fingerprint density at radius 1 is 0.867 bits per heavy atom. The second kappa shape index (κ2) is 7.76. The molecule has 1 N–H and O–H groups in total. The minimum Gasteiger partial charge on any atom is -0.350 e. The van der Waals surface area contributed by atoms with Crippen molar-refractivity contribution in [3.63, 3.8) is 0 Å². The number of amides is 2. The summed E-state index contributed by atoms with van der Waals surface area (Å²) in [6.07, 6.45) is 0. The van der Waals surface area contributed by atoms with E-state index in [1.807, 2.05) is 26.0 Å². The van der Waals surface area contributed by atoms with Crippen LogP contribution in [0.15, 0.2) is 72.4 Å². The lowest BCUT2D eigenvalue weighted by molar-refractivity contribution is -0.120. The predicted molar refractivity (Wildman–Crippen MR) is 117 cm³/mol. The SMILES string of the molecule is Cc1cccc(N2C(=O)C(Nc3ccc(F)cc3)=C(c3ccc(Cl)cc3)C2=O)c1C. The Labute approximate surface area is 178 Å². The zero-order valence-electron chi connectivity index (χ0n) is 16.4. The molecule has 0 atom stereocenters. The van der Waals surface area contributed by atoms with Crippen molar-refractivity contribution in [2.24, 2.45) is 0 Å². The van der Waals surface area contributed by atoms with Crippen molar-refractivity contribution in [3.8, 4) is 0 Å². The maximum Gasteiger partial charge on any atom is 0.282 e. The maximum absolute atomic E-state index is 13.4. The first kappa shape index (κ1) is 19.9. The van der Waals surface area contributed by atoms with E-state index in [-0.39, 0.29) is 11.3 Å². The summed E-state index contributed by atoms with van der Waals surface area (Å²) in [6, 6.07) is 17.8. The smallest absolute Gasteiger partial charge is 0.282 e. The van der Waals surface area contributed by atoms with Gasteiger partial charge in [-0.05, 0) is 73.0 Å². The van der Waals surface area contributed by atoms with Crippen molar-refractivity contribution in [1.82, 2.24) is 0 Å². The molecule has 0 saturated heterocycles. The number of halogens is 2. The molecule has 0 unspecified atom stereocenters. The highest BCUT2D eigenvalue weighted by molar-refractivity contribution is 6.46. The Morgan fingerprint density at radius 2 is 1.53 bits per heavy atom. The Balaban J connectivity index is 1.84. The lowest BCUT2D eigenvalue weighted by Crippen LogP contribution is -2.33. The maximum atomic E-state index is 13.4. The molecule has 0 saturated carbocycles. The van der Waals surface area contributed by atoms with Gasteiger partial charge in [-0.1, -0.05) is 35.9 Å². The van der Waals surface area contributed by atoms with E-state index in [4.69, 9.17) is 11.6 Å². The Kier molecular flexibility index (Phi) is 5.14. The second-order valence-electron chi connectivity index (χ2n) is 7.05. The van der Waals surface area contributed by atoms with E-state index in [0.29, 0.717) is 22.0 Å². The number of nitrogens with zero attached hydrogens (tertiary/aromatic N) is 1. The van der Waals surface area contributed by atoms with Crippen molar-refractivity contribution < 1.29 is 14.0 Å². The van der Waals surface area contributed by atoms with Gasteiger partial charge in [-0.2, -0.15) is 0 Å². The molecule has 2 amide bonds. The van der Waals surface area contributed by atoms with Gasteiger partial charge in [-0.15, -0.1) is 0 Å². The van der Waals surface area contributed by atoms with Gasteiger partial charge < -0.3 is 5.32 Å². The number of carbonyl (C=O) groups is 2. The van der Waals surface area contributed by atoms with E-state index in [2.05, 4.69) is 5.32 Å². The molecule has 1 aliphatic rings. The number of nitrogens with one attached hydrogen (secondary N) is 1. The fourth-order valence-corrected chi connectivity index (χ4v) is 3.53. The largest absolute Gasteiger partial charge is 0.350 e. The molecular weight excluding hydrogens is 403 g/mol. The van der Waals surface area contributed by atoms with Crippen LogP contribution in [0.5, 0.6) is 0 Å². The number of anilines is 2. The number of aryl methyl sites for hydroxylation is 1. The van der Waals surface area contributed by atoms with Gasteiger partial charge >= 0.3 is 0 Å². The van der Waals surface area contributed by atoms with Gasteiger partial charge in [0.05, 0.1) is 11.3 Å². The zero-order chi connectivity index (χ0) is 21.4. The van der Waals surface area contributed by atoms with Gasteiger partial charge in [-0.3, -0.25) is 9.59 Å². The van der Waals surface area contributed by atoms with Crippen molar-refractivity contribution in [3.05, 3.63) is 100.0 Å². The van der Waals surface area contributed by atoms with E-state index < -0.39 is 17.6 Å². The summed E-state index contributed by atoms with van der Waals surface area (Å²) in [5.74, 6) is -1.29. The standard InChI is InChI=1S/C24H18ClFN2O2/c1-14-4-3-5-20(15(14)2)28-23(29)21(16-6-8-17(25)9-7-16)22(24(28)30)27-19-12-10-18(26)11-13-19/h3-13,27H,1-2H3. The molecule has 3 aromatic carbocycles. The van der Waals surface area contributed by atoms with Crippen molar-refractivity contribution >= 4 is 40.4 Å². The van der Waals surface area contributed by atoms with Crippen LogP contribution in [-0.2, 0) is 9.59 Å². The number of benzene rings is 3. The van der Waals surface area contributed by atoms with E-state index in [0.717, 1.165) is 11.1 Å². The molecule has 0 fully saturated rings. The molecule has 150 valence electrons. The normalized spacial score (nSPS) is 13.9. The fraction of sp³-hybridized carbons (Fsp3) is 0.0833. The van der Waals surface area contributed by atoms with Crippen LogP contribution in [0, 0.1) is 19.7 Å². The topological polar surface area (TPSA) is 49.4 Å². The predicted octanol–water partition coefficient (Wildman–Crippen LogP) is 5.49. The molecular formula is C24H18ClFN2O2. The molecule has 0 aliphatic carbocycles. The van der Waals surface area contributed by atoms with Crippen LogP contribution >= 0.6 is 11.6 Å². The summed E-state index contributed by atoms with van der Waals surface area (Å²) >= 11 is 6.00. The Morgan fingerprint density at radius 3 is 2.20 bits per heavy atom. The second-order valence-corrected chi connectivity index (χ2v) is 7.49. The number of carbonyl (C=O) groups excluding carboxylic acids is 2. The molecule has 0 radical (unpaired) electrons. The quantitative estimate of drug-likeness (QED) is 0.567. The lowest BCUT2D eigenvalue weighted by Gasteiger charge is -2.19. The summed E-state index contributed by atoms with van der Waals surface area (Å²) in [4.78, 5) is 28.0. The molecule has 30 heavy (non-hydrogen) atoms. The van der Waals surface area contributed by atoms with Crippen LogP contribution in [0.2, 0.25) is 5.02 Å². The Hall–Kier alpha value is -3.44. The van der Waals surface area contributed by atoms with Crippen LogP contribution < -0.4 is 10.2 Å². The molecule has 0 bridgehead atoms. The van der Waals surface area contributed by atoms with Crippen LogP contribution in [0.1, 0.15) is 16.7 Å². The summed E-state index contributed by atoms with van der Waals surface area (Å²) in [6.45, 7) is 3.80. The van der Waals surface area contributed by atoms with E-state index >= 15 is 0 Å². The van der Waals surface area contributed by atoms with Crippen molar-refractivity contribution in [2.75, 3.05) is 10.2 Å². The average molecular weight is 421 g/mol. The average Bonchev–Trinajstić information content (AvgIpc) is 2.96. The molecule has 6 heteroatoms. The Bertz CT molecular complexity index is 1180. The molecule has 3 aromatic rings. The minimum absolute atomic E-state index is 0.134. The lowest BCUT2D eigenvalue weighted by atomic mass is 10.0. The molecule has 0 spiro atoms. The third-order valence-electron chi connectivity index (χ3n) is 5.15. The first-order chi connectivity index (χ1) is 14.4. The highest BCUT2D eigenvalue weighted by Gasteiger charge is 2.40. The molecule has 1 heterocycles. The highest BCUT2D eigenvalue weighted by Crippen LogP contribution is 2.36. The third kappa shape index (κ3) is 3.48. The van der Waals surface area contributed by atoms with Gasteiger partial charge in [0.25, 0.3) is 11.8 Å².